The Labute approximate surface area is 108 Å². The fourth-order valence-electron chi connectivity index (χ4n) is 1.75. The summed E-state index contributed by atoms with van der Waals surface area (Å²) in [5.41, 5.74) is 1.60. The summed E-state index contributed by atoms with van der Waals surface area (Å²) < 4.78 is 0. The van der Waals surface area contributed by atoms with Crippen molar-refractivity contribution in [3.05, 3.63) is 29.3 Å². The van der Waals surface area contributed by atoms with Crippen molar-refractivity contribution in [3.8, 4) is 5.75 Å². The van der Waals surface area contributed by atoms with Gasteiger partial charge in [0.15, 0.2) is 0 Å². The quantitative estimate of drug-likeness (QED) is 0.718. The molecule has 0 heterocycles. The number of carbonyl (C=O) groups excluding carboxylic acids is 1. The van der Waals surface area contributed by atoms with Crippen molar-refractivity contribution in [2.24, 2.45) is 0 Å². The van der Waals surface area contributed by atoms with Gasteiger partial charge in [-0.3, -0.25) is 4.79 Å². The first kappa shape index (κ1) is 14.5. The van der Waals surface area contributed by atoms with Gasteiger partial charge in [-0.1, -0.05) is 12.1 Å². The summed E-state index contributed by atoms with van der Waals surface area (Å²) >= 11 is 0. The number of aromatic hydroxyl groups is 1. The van der Waals surface area contributed by atoms with Gasteiger partial charge < -0.3 is 15.5 Å². The maximum atomic E-state index is 11.7. The molecule has 1 atom stereocenters. The maximum Gasteiger partial charge on any atom is 0.224 e. The molecule has 0 saturated heterocycles. The Morgan fingerprint density at radius 3 is 2.78 bits per heavy atom. The molecule has 0 bridgehead atoms. The van der Waals surface area contributed by atoms with Crippen LogP contribution in [0.3, 0.4) is 0 Å². The van der Waals surface area contributed by atoms with Gasteiger partial charge in [-0.15, -0.1) is 0 Å². The van der Waals surface area contributed by atoms with Crippen LogP contribution in [0.25, 0.3) is 0 Å². The Morgan fingerprint density at radius 1 is 1.44 bits per heavy atom. The molecule has 0 aliphatic rings. The summed E-state index contributed by atoms with van der Waals surface area (Å²) in [6, 6.07) is 5.32. The van der Waals surface area contributed by atoms with Crippen LogP contribution < -0.4 is 5.32 Å². The van der Waals surface area contributed by atoms with E-state index in [0.29, 0.717) is 6.42 Å². The van der Waals surface area contributed by atoms with Crippen molar-refractivity contribution in [1.82, 2.24) is 5.32 Å². The van der Waals surface area contributed by atoms with Gasteiger partial charge in [0.25, 0.3) is 0 Å². The van der Waals surface area contributed by atoms with Gasteiger partial charge in [-0.2, -0.15) is 0 Å². The molecule has 4 heteroatoms. The third kappa shape index (κ3) is 4.75. The summed E-state index contributed by atoms with van der Waals surface area (Å²) in [4.78, 5) is 11.7. The Hall–Kier alpha value is -1.55. The molecule has 100 valence electrons. The van der Waals surface area contributed by atoms with Crippen molar-refractivity contribution in [3.63, 3.8) is 0 Å². The van der Waals surface area contributed by atoms with E-state index in [1.165, 1.54) is 0 Å². The van der Waals surface area contributed by atoms with Crippen LogP contribution in [0, 0.1) is 6.92 Å². The highest BCUT2D eigenvalue weighted by molar-refractivity contribution is 5.79. The number of aliphatic hydroxyl groups is 1. The number of phenols is 1. The molecule has 0 fully saturated rings. The third-order valence-corrected chi connectivity index (χ3v) is 2.84. The standard InChI is InChI=1S/C14H21NO3/c1-10-5-6-12(8-13(10)17)9-14(18)15-11(2)4-3-7-16/h5-6,8,11,16-17H,3-4,7,9H2,1-2H3,(H,15,18). The molecule has 1 unspecified atom stereocenters. The zero-order valence-electron chi connectivity index (χ0n) is 10.9. The van der Waals surface area contributed by atoms with Crippen LogP contribution in [0.2, 0.25) is 0 Å². The molecule has 3 N–H and O–H groups in total. The van der Waals surface area contributed by atoms with Gasteiger partial charge in [-0.25, -0.2) is 0 Å². The average Bonchev–Trinajstić information content (AvgIpc) is 2.31. The van der Waals surface area contributed by atoms with Crippen molar-refractivity contribution in [2.45, 2.75) is 39.2 Å². The fraction of sp³-hybridized carbons (Fsp3) is 0.500. The van der Waals surface area contributed by atoms with E-state index < -0.39 is 0 Å². The first-order valence-electron chi connectivity index (χ1n) is 6.21. The van der Waals surface area contributed by atoms with E-state index in [0.717, 1.165) is 17.5 Å². The molecule has 18 heavy (non-hydrogen) atoms. The van der Waals surface area contributed by atoms with Gasteiger partial charge in [0, 0.05) is 12.6 Å². The van der Waals surface area contributed by atoms with E-state index in [4.69, 9.17) is 5.11 Å². The Bertz CT molecular complexity index is 404. The van der Waals surface area contributed by atoms with Crippen LogP contribution in [0.1, 0.15) is 30.9 Å². The number of amides is 1. The molecule has 4 nitrogen and oxygen atoms in total. The van der Waals surface area contributed by atoms with E-state index in [9.17, 15) is 9.90 Å². The van der Waals surface area contributed by atoms with E-state index in [-0.39, 0.29) is 30.7 Å². The predicted molar refractivity (Wildman–Crippen MR) is 70.5 cm³/mol. The molecule has 0 aromatic heterocycles. The molecule has 1 aromatic rings. The summed E-state index contributed by atoms with van der Waals surface area (Å²) in [5, 5.41) is 21.1. The lowest BCUT2D eigenvalue weighted by molar-refractivity contribution is -0.121. The number of rotatable bonds is 6. The smallest absolute Gasteiger partial charge is 0.224 e. The number of carbonyl (C=O) groups is 1. The van der Waals surface area contributed by atoms with Crippen molar-refractivity contribution >= 4 is 5.91 Å². The van der Waals surface area contributed by atoms with E-state index in [1.54, 1.807) is 12.1 Å². The Morgan fingerprint density at radius 2 is 2.17 bits per heavy atom. The number of benzene rings is 1. The molecule has 1 aromatic carbocycles. The summed E-state index contributed by atoms with van der Waals surface area (Å²) in [5.74, 6) is 0.150. The number of aryl methyl sites for hydroxylation is 1. The number of hydrogen-bond donors (Lipinski definition) is 3. The van der Waals surface area contributed by atoms with Crippen LogP contribution in [0.15, 0.2) is 18.2 Å². The van der Waals surface area contributed by atoms with E-state index in [1.807, 2.05) is 19.9 Å². The molecular formula is C14H21NO3. The first-order chi connectivity index (χ1) is 8.52. The lowest BCUT2D eigenvalue weighted by Gasteiger charge is -2.13. The second-order valence-corrected chi connectivity index (χ2v) is 4.63. The van der Waals surface area contributed by atoms with Gasteiger partial charge in [0.1, 0.15) is 5.75 Å². The van der Waals surface area contributed by atoms with Crippen LogP contribution in [-0.4, -0.2) is 28.8 Å². The molecular weight excluding hydrogens is 230 g/mol. The molecule has 0 aliphatic heterocycles. The third-order valence-electron chi connectivity index (χ3n) is 2.84. The number of phenolic OH excluding ortho intramolecular Hbond substituents is 1. The van der Waals surface area contributed by atoms with E-state index in [2.05, 4.69) is 5.32 Å². The number of nitrogens with one attached hydrogen (secondary N) is 1. The lowest BCUT2D eigenvalue weighted by Crippen LogP contribution is -2.33. The number of aliphatic hydroxyl groups excluding tert-OH is 1. The highest BCUT2D eigenvalue weighted by atomic mass is 16.3. The molecule has 1 rings (SSSR count). The predicted octanol–water partition coefficient (Wildman–Crippen LogP) is 1.52. The highest BCUT2D eigenvalue weighted by Crippen LogP contribution is 2.17. The minimum absolute atomic E-state index is 0.0590. The van der Waals surface area contributed by atoms with Crippen LogP contribution >= 0.6 is 0 Å². The van der Waals surface area contributed by atoms with Gasteiger partial charge in [0.2, 0.25) is 5.91 Å². The van der Waals surface area contributed by atoms with Crippen molar-refractivity contribution in [1.29, 1.82) is 0 Å². The zero-order chi connectivity index (χ0) is 13.5. The lowest BCUT2D eigenvalue weighted by atomic mass is 10.1. The summed E-state index contributed by atoms with van der Waals surface area (Å²) in [6.07, 6.45) is 1.71. The van der Waals surface area contributed by atoms with Crippen molar-refractivity contribution < 1.29 is 15.0 Å². The van der Waals surface area contributed by atoms with Crippen LogP contribution in [-0.2, 0) is 11.2 Å². The second kappa shape index (κ2) is 7.01. The minimum atomic E-state index is -0.0660. The average molecular weight is 251 g/mol. The normalized spacial score (nSPS) is 12.2. The van der Waals surface area contributed by atoms with Crippen LogP contribution in [0.5, 0.6) is 5.75 Å². The minimum Gasteiger partial charge on any atom is -0.508 e. The zero-order valence-corrected chi connectivity index (χ0v) is 10.9. The topological polar surface area (TPSA) is 69.6 Å². The van der Waals surface area contributed by atoms with Crippen LogP contribution in [0.4, 0.5) is 0 Å². The molecule has 0 saturated carbocycles. The fourth-order valence-corrected chi connectivity index (χ4v) is 1.75. The molecule has 0 spiro atoms. The summed E-state index contributed by atoms with van der Waals surface area (Å²) in [7, 11) is 0. The van der Waals surface area contributed by atoms with Gasteiger partial charge >= 0.3 is 0 Å². The monoisotopic (exact) mass is 251 g/mol. The maximum absolute atomic E-state index is 11.7. The first-order valence-corrected chi connectivity index (χ1v) is 6.21. The SMILES string of the molecule is Cc1ccc(CC(=O)NC(C)CCCO)cc1O. The van der Waals surface area contributed by atoms with E-state index >= 15 is 0 Å². The largest absolute Gasteiger partial charge is 0.508 e. The Balaban J connectivity index is 2.46. The molecule has 1 amide bonds. The summed E-state index contributed by atoms with van der Waals surface area (Å²) in [6.45, 7) is 3.88. The number of hydrogen-bond acceptors (Lipinski definition) is 3. The highest BCUT2D eigenvalue weighted by Gasteiger charge is 2.08. The Kier molecular flexibility index (Phi) is 5.65. The second-order valence-electron chi connectivity index (χ2n) is 4.63. The molecule has 0 radical (unpaired) electrons. The van der Waals surface area contributed by atoms with Gasteiger partial charge in [-0.05, 0) is 43.9 Å². The van der Waals surface area contributed by atoms with Gasteiger partial charge in [0.05, 0.1) is 6.42 Å². The molecule has 0 aliphatic carbocycles. The van der Waals surface area contributed by atoms with Crippen molar-refractivity contribution in [2.75, 3.05) is 6.61 Å².